The van der Waals surface area contributed by atoms with Crippen LogP contribution in [0.15, 0.2) is 58.5 Å². The van der Waals surface area contributed by atoms with Gasteiger partial charge in [-0.3, -0.25) is 0 Å². The Morgan fingerprint density at radius 3 is 2.50 bits per heavy atom. The van der Waals surface area contributed by atoms with Crippen LogP contribution < -0.4 is 5.69 Å². The summed E-state index contributed by atoms with van der Waals surface area (Å²) in [6, 6.07) is 10.2. The predicted octanol–water partition coefficient (Wildman–Crippen LogP) is 3.54. The lowest BCUT2D eigenvalue weighted by Gasteiger charge is -2.11. The summed E-state index contributed by atoms with van der Waals surface area (Å²) in [5, 5.41) is 13.3. The molecule has 3 heterocycles. The van der Waals surface area contributed by atoms with Gasteiger partial charge in [-0.05, 0) is 42.3 Å². The smallest absolute Gasteiger partial charge is 0.249 e. The summed E-state index contributed by atoms with van der Waals surface area (Å²) in [5.41, 5.74) is -0.115. The Kier molecular flexibility index (Phi) is 5.53. The summed E-state index contributed by atoms with van der Waals surface area (Å²) in [5.74, 6) is -0.650. The lowest BCUT2D eigenvalue weighted by atomic mass is 10.0. The first kappa shape index (κ1) is 23.2. The van der Waals surface area contributed by atoms with E-state index in [2.05, 4.69) is 16.2 Å². The first-order chi connectivity index (χ1) is 16.0. The Morgan fingerprint density at radius 1 is 1.12 bits per heavy atom. The van der Waals surface area contributed by atoms with Crippen LogP contribution in [0, 0.1) is 18.3 Å². The third-order valence-electron chi connectivity index (χ3n) is 5.28. The van der Waals surface area contributed by atoms with Gasteiger partial charge < -0.3 is 0 Å². The molecule has 0 aliphatic carbocycles. The van der Waals surface area contributed by atoms with Crippen molar-refractivity contribution in [1.29, 1.82) is 5.26 Å². The highest BCUT2D eigenvalue weighted by molar-refractivity contribution is 7.91. The van der Waals surface area contributed by atoms with Gasteiger partial charge in [-0.1, -0.05) is 19.1 Å². The van der Waals surface area contributed by atoms with Gasteiger partial charge in [-0.25, -0.2) is 22.6 Å². The van der Waals surface area contributed by atoms with Gasteiger partial charge in [0.25, 0.3) is 0 Å². The highest BCUT2D eigenvalue weighted by Gasteiger charge is 2.31. The summed E-state index contributed by atoms with van der Waals surface area (Å²) in [4.78, 5) is 16.7. The van der Waals surface area contributed by atoms with Gasteiger partial charge in [0.15, 0.2) is 21.3 Å². The minimum Gasteiger partial charge on any atom is -0.249 e. The molecule has 0 atom stereocenters. The van der Waals surface area contributed by atoms with Crippen molar-refractivity contribution in [2.75, 3.05) is 5.75 Å². The number of halogens is 3. The van der Waals surface area contributed by atoms with E-state index in [9.17, 15) is 31.6 Å². The Hall–Kier alpha value is -3.98. The molecule has 34 heavy (non-hydrogen) atoms. The summed E-state index contributed by atoms with van der Waals surface area (Å²) in [7, 11) is -3.93. The lowest BCUT2D eigenvalue weighted by molar-refractivity contribution is -0.137. The second kappa shape index (κ2) is 8.11. The van der Waals surface area contributed by atoms with Crippen LogP contribution in [0.5, 0.6) is 0 Å². The number of benzene rings is 1. The fourth-order valence-electron chi connectivity index (χ4n) is 3.34. The van der Waals surface area contributed by atoms with E-state index in [4.69, 9.17) is 0 Å². The zero-order valence-corrected chi connectivity index (χ0v) is 18.6. The van der Waals surface area contributed by atoms with Gasteiger partial charge >= 0.3 is 11.9 Å². The molecule has 0 aliphatic heterocycles. The Labute approximate surface area is 191 Å². The number of sulfone groups is 1. The molecule has 3 aromatic heterocycles. The average molecular weight is 487 g/mol. The first-order valence-electron chi connectivity index (χ1n) is 9.89. The van der Waals surface area contributed by atoms with Crippen LogP contribution in [0.1, 0.15) is 23.6 Å². The maximum atomic E-state index is 13.1. The number of nitrogens with zero attached hydrogens (tertiary/aromatic N) is 5. The molecule has 4 rings (SSSR count). The molecule has 8 nitrogen and oxygen atoms in total. The highest BCUT2D eigenvalue weighted by Crippen LogP contribution is 2.30. The van der Waals surface area contributed by atoms with Gasteiger partial charge in [0, 0.05) is 18.0 Å². The van der Waals surface area contributed by atoms with E-state index in [1.165, 1.54) is 19.2 Å². The number of rotatable bonds is 4. The van der Waals surface area contributed by atoms with Crippen molar-refractivity contribution >= 4 is 15.5 Å². The topological polar surface area (TPSA) is 110 Å². The molecule has 174 valence electrons. The molecule has 0 spiro atoms. The number of fused-ring (bicyclic) bond motifs is 1. The molecule has 0 amide bonds. The van der Waals surface area contributed by atoms with Crippen LogP contribution in [-0.2, 0) is 16.0 Å². The van der Waals surface area contributed by atoms with Crippen LogP contribution in [-0.4, -0.2) is 33.3 Å². The number of hydrogen-bond donors (Lipinski definition) is 0. The largest absolute Gasteiger partial charge is 0.417 e. The minimum atomic E-state index is -4.68. The minimum absolute atomic E-state index is 0.110. The lowest BCUT2D eigenvalue weighted by Crippen LogP contribution is -2.23. The monoisotopic (exact) mass is 487 g/mol. The van der Waals surface area contributed by atoms with Gasteiger partial charge in [0.2, 0.25) is 0 Å². The first-order valence-corrected chi connectivity index (χ1v) is 11.5. The van der Waals surface area contributed by atoms with E-state index in [1.54, 1.807) is 25.1 Å². The van der Waals surface area contributed by atoms with Crippen molar-refractivity contribution in [3.8, 4) is 23.0 Å². The van der Waals surface area contributed by atoms with E-state index in [0.29, 0.717) is 32.0 Å². The molecule has 0 aliphatic rings. The van der Waals surface area contributed by atoms with Crippen molar-refractivity contribution in [2.24, 2.45) is 0 Å². The Bertz CT molecular complexity index is 1650. The number of aromatic nitrogens is 4. The third-order valence-corrected chi connectivity index (χ3v) is 7.01. The van der Waals surface area contributed by atoms with Crippen molar-refractivity contribution in [3.05, 3.63) is 76.0 Å². The number of pyridine rings is 2. The number of nitriles is 1. The van der Waals surface area contributed by atoms with Crippen LogP contribution in [0.3, 0.4) is 0 Å². The van der Waals surface area contributed by atoms with E-state index >= 15 is 0 Å². The van der Waals surface area contributed by atoms with Crippen molar-refractivity contribution in [3.63, 3.8) is 0 Å². The molecular formula is C22H16F3N5O3S. The van der Waals surface area contributed by atoms with E-state index in [-0.39, 0.29) is 22.1 Å². The fraction of sp³-hybridized carbons (Fsp3) is 0.182. The summed E-state index contributed by atoms with van der Waals surface area (Å²) >= 11 is 0. The standard InChI is InChI=1S/C22H16F3N5O3S/c1-3-34(32,33)18-9-16(14-5-4-13(2)15(8-14)10-26)11-27-20(18)30-21(31)29-12-17(22(23,24)25)6-7-19(29)28-30/h4-9,11-12H,3H2,1-2H3. The van der Waals surface area contributed by atoms with Crippen LogP contribution in [0.25, 0.3) is 22.6 Å². The Balaban J connectivity index is 1.96. The van der Waals surface area contributed by atoms with Crippen molar-refractivity contribution in [1.82, 2.24) is 19.2 Å². The molecule has 0 N–H and O–H groups in total. The molecule has 12 heteroatoms. The molecule has 0 saturated carbocycles. The normalized spacial score (nSPS) is 12.1. The molecular weight excluding hydrogens is 471 g/mol. The van der Waals surface area contributed by atoms with Gasteiger partial charge in [-0.2, -0.15) is 23.1 Å². The van der Waals surface area contributed by atoms with E-state index in [1.807, 2.05) is 0 Å². The second-order valence-electron chi connectivity index (χ2n) is 7.43. The molecule has 1 aromatic carbocycles. The zero-order chi connectivity index (χ0) is 24.8. The van der Waals surface area contributed by atoms with Crippen LogP contribution in [0.4, 0.5) is 13.2 Å². The molecule has 0 radical (unpaired) electrons. The molecule has 4 aromatic rings. The Morgan fingerprint density at radius 2 is 1.85 bits per heavy atom. The van der Waals surface area contributed by atoms with Crippen molar-refractivity contribution < 1.29 is 21.6 Å². The maximum Gasteiger partial charge on any atom is 0.417 e. The highest BCUT2D eigenvalue weighted by atomic mass is 32.2. The SMILES string of the molecule is CCS(=O)(=O)c1cc(-c2ccc(C)c(C#N)c2)cnc1-n1nc2ccc(C(F)(F)F)cn2c1=O. The molecule has 0 unspecified atom stereocenters. The molecule has 0 bridgehead atoms. The zero-order valence-electron chi connectivity index (χ0n) is 17.8. The second-order valence-corrected chi connectivity index (χ2v) is 9.68. The summed E-state index contributed by atoms with van der Waals surface area (Å²) < 4.78 is 66.3. The quantitative estimate of drug-likeness (QED) is 0.436. The maximum absolute atomic E-state index is 13.1. The summed E-state index contributed by atoms with van der Waals surface area (Å²) in [6.07, 6.45) is -2.77. The van der Waals surface area contributed by atoms with Gasteiger partial charge in [0.1, 0.15) is 4.90 Å². The average Bonchev–Trinajstić information content (AvgIpc) is 3.14. The van der Waals surface area contributed by atoms with E-state index < -0.39 is 27.3 Å². The fourth-order valence-corrected chi connectivity index (χ4v) is 4.38. The molecule has 0 fully saturated rings. The van der Waals surface area contributed by atoms with E-state index in [0.717, 1.165) is 17.7 Å². The van der Waals surface area contributed by atoms with Gasteiger partial charge in [0.05, 0.1) is 22.9 Å². The van der Waals surface area contributed by atoms with Gasteiger partial charge in [-0.15, -0.1) is 5.10 Å². The van der Waals surface area contributed by atoms with Crippen LogP contribution >= 0.6 is 0 Å². The van der Waals surface area contributed by atoms with Crippen molar-refractivity contribution in [2.45, 2.75) is 24.9 Å². The third kappa shape index (κ3) is 3.94. The number of hydrogen-bond acceptors (Lipinski definition) is 6. The number of alkyl halides is 3. The molecule has 0 saturated heterocycles. The predicted molar refractivity (Wildman–Crippen MR) is 116 cm³/mol. The number of aryl methyl sites for hydroxylation is 1. The van der Waals surface area contributed by atoms with Crippen LogP contribution in [0.2, 0.25) is 0 Å². The summed E-state index contributed by atoms with van der Waals surface area (Å²) in [6.45, 7) is 3.17.